The molecule has 104 valence electrons. The van der Waals surface area contributed by atoms with Gasteiger partial charge in [-0.15, -0.1) is 0 Å². The Balaban J connectivity index is 2.03. The van der Waals surface area contributed by atoms with Gasteiger partial charge < -0.3 is 10.7 Å². The highest BCUT2D eigenvalue weighted by molar-refractivity contribution is 7.99. The number of hydrogen-bond donors (Lipinski definition) is 3. The van der Waals surface area contributed by atoms with E-state index in [9.17, 15) is 4.79 Å². The molecule has 2 rings (SSSR count). The summed E-state index contributed by atoms with van der Waals surface area (Å²) in [7, 11) is 0. The number of rotatable bonds is 6. The molecule has 0 saturated heterocycles. The van der Waals surface area contributed by atoms with Gasteiger partial charge in [0.15, 0.2) is 0 Å². The molecule has 6 nitrogen and oxygen atoms in total. The predicted molar refractivity (Wildman–Crippen MR) is 75.8 cm³/mol. The number of amides is 1. The summed E-state index contributed by atoms with van der Waals surface area (Å²) < 4.78 is 0. The Bertz CT molecular complexity index is 461. The van der Waals surface area contributed by atoms with Crippen LogP contribution in [0.25, 0.3) is 0 Å². The number of nitrogens with one attached hydrogen (secondary N) is 2. The number of thioether (sulfide) groups is 1. The Hall–Kier alpha value is -1.34. The van der Waals surface area contributed by atoms with E-state index in [1.807, 2.05) is 13.8 Å². The Kier molecular flexibility index (Phi) is 4.60. The molecular weight excluding hydrogens is 262 g/mol. The Labute approximate surface area is 116 Å². The summed E-state index contributed by atoms with van der Waals surface area (Å²) in [6.07, 6.45) is 3.66. The molecule has 19 heavy (non-hydrogen) atoms. The third kappa shape index (κ3) is 3.81. The zero-order valence-corrected chi connectivity index (χ0v) is 12.0. The average molecular weight is 281 g/mol. The van der Waals surface area contributed by atoms with Crippen LogP contribution in [0.2, 0.25) is 0 Å². The van der Waals surface area contributed by atoms with Gasteiger partial charge in [-0.2, -0.15) is 0 Å². The van der Waals surface area contributed by atoms with Crippen molar-refractivity contribution in [1.82, 2.24) is 15.3 Å². The number of nitrogens with two attached hydrogens (primary N) is 1. The summed E-state index contributed by atoms with van der Waals surface area (Å²) in [5.41, 5.74) is 3.54. The van der Waals surface area contributed by atoms with E-state index >= 15 is 0 Å². The molecule has 1 amide bonds. The van der Waals surface area contributed by atoms with Crippen LogP contribution in [0.3, 0.4) is 0 Å². The second-order valence-corrected chi connectivity index (χ2v) is 5.83. The highest BCUT2D eigenvalue weighted by Gasteiger charge is 2.23. The van der Waals surface area contributed by atoms with E-state index in [0.29, 0.717) is 17.6 Å². The van der Waals surface area contributed by atoms with Gasteiger partial charge in [0.05, 0.1) is 5.75 Å². The second kappa shape index (κ2) is 6.21. The fourth-order valence-corrected chi connectivity index (χ4v) is 2.72. The molecule has 0 bridgehead atoms. The highest BCUT2D eigenvalue weighted by Crippen LogP contribution is 2.30. The van der Waals surface area contributed by atoms with Crippen molar-refractivity contribution in [3.05, 3.63) is 11.9 Å². The van der Waals surface area contributed by atoms with E-state index in [0.717, 1.165) is 23.4 Å². The first kappa shape index (κ1) is 14.1. The molecule has 0 radical (unpaired) electrons. The molecule has 1 aromatic heterocycles. The van der Waals surface area contributed by atoms with Crippen LogP contribution in [0, 0.1) is 0 Å². The fraction of sp³-hybridized carbons (Fsp3) is 0.583. The van der Waals surface area contributed by atoms with Crippen LogP contribution in [0.15, 0.2) is 11.4 Å². The van der Waals surface area contributed by atoms with Crippen LogP contribution in [-0.4, -0.2) is 27.7 Å². The van der Waals surface area contributed by atoms with Gasteiger partial charge in [0.2, 0.25) is 5.91 Å². The zero-order chi connectivity index (χ0) is 13.8. The Morgan fingerprint density at radius 2 is 2.26 bits per heavy atom. The van der Waals surface area contributed by atoms with Crippen molar-refractivity contribution in [3.63, 3.8) is 0 Å². The van der Waals surface area contributed by atoms with E-state index in [2.05, 4.69) is 20.7 Å². The lowest BCUT2D eigenvalue weighted by atomic mass is 10.1. The van der Waals surface area contributed by atoms with Crippen LogP contribution in [0.4, 0.5) is 5.82 Å². The van der Waals surface area contributed by atoms with Gasteiger partial charge in [0.1, 0.15) is 17.2 Å². The van der Waals surface area contributed by atoms with E-state index in [1.165, 1.54) is 18.1 Å². The molecule has 0 aromatic carbocycles. The number of carbonyl (C=O) groups excluding carboxylic acids is 1. The molecule has 1 fully saturated rings. The molecule has 1 saturated carbocycles. The molecule has 0 aliphatic heterocycles. The lowest BCUT2D eigenvalue weighted by Crippen LogP contribution is -2.27. The Morgan fingerprint density at radius 3 is 2.84 bits per heavy atom. The van der Waals surface area contributed by atoms with E-state index < -0.39 is 0 Å². The van der Waals surface area contributed by atoms with Crippen molar-refractivity contribution in [1.29, 1.82) is 0 Å². The van der Waals surface area contributed by atoms with Crippen LogP contribution < -0.4 is 16.6 Å². The third-order valence-corrected chi connectivity index (χ3v) is 3.85. The number of hydrazine groups is 1. The topological polar surface area (TPSA) is 92.9 Å². The number of anilines is 1. The molecule has 0 spiro atoms. The molecular formula is C12H19N5OS. The third-order valence-electron chi connectivity index (χ3n) is 2.84. The fourth-order valence-electron chi connectivity index (χ4n) is 1.76. The van der Waals surface area contributed by atoms with Gasteiger partial charge in [-0.3, -0.25) is 4.79 Å². The first-order valence-corrected chi connectivity index (χ1v) is 7.34. The van der Waals surface area contributed by atoms with Crippen LogP contribution in [-0.2, 0) is 4.79 Å². The maximum atomic E-state index is 11.7. The molecule has 1 aliphatic carbocycles. The summed E-state index contributed by atoms with van der Waals surface area (Å²) in [4.78, 5) is 20.0. The monoisotopic (exact) mass is 281 g/mol. The van der Waals surface area contributed by atoms with E-state index in [-0.39, 0.29) is 11.8 Å². The zero-order valence-electron chi connectivity index (χ0n) is 11.1. The molecule has 0 unspecified atom stereocenters. The normalized spacial score (nSPS) is 14.5. The maximum absolute atomic E-state index is 11.7. The molecule has 7 heteroatoms. The molecule has 4 N–H and O–H groups in total. The van der Waals surface area contributed by atoms with Crippen LogP contribution >= 0.6 is 11.8 Å². The molecule has 1 aromatic rings. The lowest BCUT2D eigenvalue weighted by Gasteiger charge is -2.14. The van der Waals surface area contributed by atoms with Gasteiger partial charge >= 0.3 is 0 Å². The number of nitrogens with zero attached hydrogens (tertiary/aromatic N) is 2. The van der Waals surface area contributed by atoms with Crippen molar-refractivity contribution in [2.45, 2.75) is 43.7 Å². The smallest absolute Gasteiger partial charge is 0.230 e. The van der Waals surface area contributed by atoms with Crippen molar-refractivity contribution < 1.29 is 4.79 Å². The predicted octanol–water partition coefficient (Wildman–Crippen LogP) is 1.26. The van der Waals surface area contributed by atoms with Crippen molar-refractivity contribution in [3.8, 4) is 0 Å². The number of carbonyl (C=O) groups is 1. The highest BCUT2D eigenvalue weighted by atomic mass is 32.2. The SMILES string of the molecule is CC(C)c1c(NN)ncnc1SCC(=O)NC1CC1. The lowest BCUT2D eigenvalue weighted by molar-refractivity contribution is -0.118. The van der Waals surface area contributed by atoms with Crippen LogP contribution in [0.5, 0.6) is 0 Å². The van der Waals surface area contributed by atoms with Crippen LogP contribution in [0.1, 0.15) is 38.2 Å². The number of nitrogen functional groups attached to an aromatic ring is 1. The first-order valence-electron chi connectivity index (χ1n) is 6.35. The van der Waals surface area contributed by atoms with Crippen molar-refractivity contribution in [2.24, 2.45) is 5.84 Å². The summed E-state index contributed by atoms with van der Waals surface area (Å²) in [5, 5.41) is 3.77. The Morgan fingerprint density at radius 1 is 1.53 bits per heavy atom. The maximum Gasteiger partial charge on any atom is 0.230 e. The quantitative estimate of drug-likeness (QED) is 0.314. The van der Waals surface area contributed by atoms with Gasteiger partial charge in [-0.1, -0.05) is 25.6 Å². The van der Waals surface area contributed by atoms with Gasteiger partial charge in [-0.05, 0) is 18.8 Å². The second-order valence-electron chi connectivity index (χ2n) is 4.87. The van der Waals surface area contributed by atoms with Crippen molar-refractivity contribution >= 4 is 23.5 Å². The largest absolute Gasteiger partial charge is 0.353 e. The minimum Gasteiger partial charge on any atom is -0.353 e. The summed E-state index contributed by atoms with van der Waals surface area (Å²) in [6, 6.07) is 0.393. The standard InChI is InChI=1S/C12H19N5OS/c1-7(2)10-11(17-13)14-6-15-12(10)19-5-9(18)16-8-3-4-8/h6-8H,3-5,13H2,1-2H3,(H,16,18)(H,14,15,17). The van der Waals surface area contributed by atoms with E-state index in [4.69, 9.17) is 5.84 Å². The molecule has 1 heterocycles. The first-order chi connectivity index (χ1) is 9.11. The van der Waals surface area contributed by atoms with Crippen molar-refractivity contribution in [2.75, 3.05) is 11.2 Å². The summed E-state index contributed by atoms with van der Waals surface area (Å²) in [5.74, 6) is 6.75. The molecule has 0 atom stereocenters. The minimum atomic E-state index is 0.0584. The molecule has 1 aliphatic rings. The van der Waals surface area contributed by atoms with Gasteiger partial charge in [0.25, 0.3) is 0 Å². The number of aromatic nitrogens is 2. The van der Waals surface area contributed by atoms with Gasteiger partial charge in [-0.25, -0.2) is 15.8 Å². The summed E-state index contributed by atoms with van der Waals surface area (Å²) in [6.45, 7) is 4.10. The average Bonchev–Trinajstić information content (AvgIpc) is 3.19. The summed E-state index contributed by atoms with van der Waals surface area (Å²) >= 11 is 1.42. The van der Waals surface area contributed by atoms with E-state index in [1.54, 1.807) is 0 Å². The van der Waals surface area contributed by atoms with Gasteiger partial charge in [0, 0.05) is 11.6 Å². The number of hydrogen-bond acceptors (Lipinski definition) is 6. The minimum absolute atomic E-state index is 0.0584.